The monoisotopic (exact) mass is 303 g/mol. The molecule has 0 aliphatic heterocycles. The molecular formula is C10H10ClN3O2S2. The Morgan fingerprint density at radius 2 is 2.17 bits per heavy atom. The maximum absolute atomic E-state index is 12.2. The van der Waals surface area contributed by atoms with E-state index in [1.807, 2.05) is 6.07 Å². The van der Waals surface area contributed by atoms with Gasteiger partial charge in [0.25, 0.3) is 10.0 Å². The summed E-state index contributed by atoms with van der Waals surface area (Å²) in [4.78, 5) is 7.82. The molecule has 0 saturated heterocycles. The van der Waals surface area contributed by atoms with Gasteiger partial charge in [0.05, 0.1) is 18.4 Å². The zero-order valence-electron chi connectivity index (χ0n) is 9.45. The summed E-state index contributed by atoms with van der Waals surface area (Å²) in [5.41, 5.74) is 0.680. The maximum Gasteiger partial charge on any atom is 0.254 e. The Morgan fingerprint density at radius 1 is 1.39 bits per heavy atom. The summed E-state index contributed by atoms with van der Waals surface area (Å²) in [6.07, 6.45) is 2.89. The van der Waals surface area contributed by atoms with Crippen LogP contribution in [0.4, 0.5) is 0 Å². The number of aromatic nitrogens is 2. The van der Waals surface area contributed by atoms with Gasteiger partial charge in [0.1, 0.15) is 0 Å². The van der Waals surface area contributed by atoms with E-state index in [1.54, 1.807) is 18.3 Å². The molecule has 0 atom stereocenters. The molecule has 0 amide bonds. The van der Waals surface area contributed by atoms with Crippen LogP contribution in [-0.2, 0) is 16.6 Å². The highest BCUT2D eigenvalue weighted by Crippen LogP contribution is 2.25. The van der Waals surface area contributed by atoms with Gasteiger partial charge < -0.3 is 0 Å². The van der Waals surface area contributed by atoms with Gasteiger partial charge in [0.2, 0.25) is 0 Å². The molecule has 0 aromatic carbocycles. The van der Waals surface area contributed by atoms with Crippen LogP contribution >= 0.6 is 22.9 Å². The Bertz CT molecular complexity index is 628. The number of hydrogen-bond donors (Lipinski definition) is 0. The largest absolute Gasteiger partial charge is 0.260 e. The van der Waals surface area contributed by atoms with E-state index in [1.165, 1.54) is 17.5 Å². The van der Waals surface area contributed by atoms with Crippen molar-refractivity contribution in [2.24, 2.45) is 0 Å². The molecule has 8 heteroatoms. The third-order valence-electron chi connectivity index (χ3n) is 2.23. The molecule has 18 heavy (non-hydrogen) atoms. The smallest absolute Gasteiger partial charge is 0.254 e. The highest BCUT2D eigenvalue weighted by atomic mass is 35.5. The molecule has 0 bridgehead atoms. The molecule has 0 saturated carbocycles. The average Bonchev–Trinajstić information content (AvgIpc) is 2.78. The van der Waals surface area contributed by atoms with E-state index in [0.717, 1.165) is 11.3 Å². The van der Waals surface area contributed by atoms with E-state index in [9.17, 15) is 8.42 Å². The molecule has 0 fully saturated rings. The summed E-state index contributed by atoms with van der Waals surface area (Å²) in [5, 5.41) is 0. The highest BCUT2D eigenvalue weighted by molar-refractivity contribution is 7.91. The number of hydrogen-bond acceptors (Lipinski definition) is 5. The zero-order valence-corrected chi connectivity index (χ0v) is 11.8. The van der Waals surface area contributed by atoms with Crippen LogP contribution in [0.2, 0.25) is 4.47 Å². The van der Waals surface area contributed by atoms with E-state index in [4.69, 9.17) is 11.6 Å². The van der Waals surface area contributed by atoms with Crippen molar-refractivity contribution in [1.82, 2.24) is 14.3 Å². The minimum Gasteiger partial charge on any atom is -0.260 e. The van der Waals surface area contributed by atoms with Crippen molar-refractivity contribution < 1.29 is 8.42 Å². The predicted octanol–water partition coefficient (Wildman–Crippen LogP) is 2.01. The lowest BCUT2D eigenvalue weighted by atomic mass is 10.3. The molecule has 0 spiro atoms. The summed E-state index contributed by atoms with van der Waals surface area (Å²) in [6.45, 7) is 0.207. The van der Waals surface area contributed by atoms with Gasteiger partial charge in [0, 0.05) is 13.2 Å². The second-order valence-corrected chi connectivity index (χ2v) is 7.40. The average molecular weight is 304 g/mol. The third kappa shape index (κ3) is 2.86. The van der Waals surface area contributed by atoms with Crippen LogP contribution in [0.3, 0.4) is 0 Å². The van der Waals surface area contributed by atoms with Gasteiger partial charge in [-0.05, 0) is 12.1 Å². The molecule has 96 valence electrons. The fraction of sp³-hybridized carbons (Fsp3) is 0.200. The van der Waals surface area contributed by atoms with Crippen molar-refractivity contribution in [3.05, 3.63) is 40.8 Å². The van der Waals surface area contributed by atoms with Crippen LogP contribution in [0, 0.1) is 0 Å². The van der Waals surface area contributed by atoms with Gasteiger partial charge in [-0.1, -0.05) is 29.0 Å². The van der Waals surface area contributed by atoms with Gasteiger partial charge in [-0.25, -0.2) is 13.4 Å². The Morgan fingerprint density at radius 3 is 2.72 bits per heavy atom. The first-order chi connectivity index (χ1) is 8.50. The van der Waals surface area contributed by atoms with E-state index in [2.05, 4.69) is 9.97 Å². The first kappa shape index (κ1) is 13.4. The lowest BCUT2D eigenvalue weighted by Gasteiger charge is -2.14. The molecular weight excluding hydrogens is 294 g/mol. The van der Waals surface area contributed by atoms with Crippen molar-refractivity contribution >= 4 is 33.0 Å². The van der Waals surface area contributed by atoms with Crippen molar-refractivity contribution in [3.63, 3.8) is 0 Å². The normalized spacial score (nSPS) is 11.9. The number of nitrogens with zero attached hydrogens (tertiary/aromatic N) is 3. The van der Waals surface area contributed by atoms with Crippen LogP contribution in [0.5, 0.6) is 0 Å². The highest BCUT2D eigenvalue weighted by Gasteiger charge is 2.23. The van der Waals surface area contributed by atoms with Crippen LogP contribution in [0.1, 0.15) is 5.69 Å². The Hall–Kier alpha value is -1.02. The summed E-state index contributed by atoms with van der Waals surface area (Å²) in [6, 6.07) is 5.36. The van der Waals surface area contributed by atoms with E-state index >= 15 is 0 Å². The van der Waals surface area contributed by atoms with Gasteiger partial charge in [-0.3, -0.25) is 4.98 Å². The van der Waals surface area contributed by atoms with Gasteiger partial charge in [0.15, 0.2) is 8.68 Å². The third-order valence-corrected chi connectivity index (χ3v) is 5.59. The zero-order chi connectivity index (χ0) is 13.2. The van der Waals surface area contributed by atoms with E-state index in [-0.39, 0.29) is 15.2 Å². The van der Waals surface area contributed by atoms with E-state index in [0.29, 0.717) is 5.69 Å². The van der Waals surface area contributed by atoms with Crippen LogP contribution in [0.25, 0.3) is 0 Å². The van der Waals surface area contributed by atoms with Crippen LogP contribution in [-0.4, -0.2) is 29.7 Å². The summed E-state index contributed by atoms with van der Waals surface area (Å²) in [5.74, 6) is 0. The number of rotatable bonds is 4. The molecule has 2 aromatic rings. The van der Waals surface area contributed by atoms with Crippen molar-refractivity contribution in [3.8, 4) is 0 Å². The molecule has 0 N–H and O–H groups in total. The molecule has 0 unspecified atom stereocenters. The van der Waals surface area contributed by atoms with Crippen molar-refractivity contribution in [1.29, 1.82) is 0 Å². The standard InChI is InChI=1S/C10H10ClN3O2S2/c1-14(7-8-4-2-3-5-12-8)18(15,16)9-6-13-10(11)17-9/h2-6H,7H2,1H3. The fourth-order valence-corrected chi connectivity index (χ4v) is 3.96. The number of halogens is 1. The second-order valence-electron chi connectivity index (χ2n) is 3.51. The van der Waals surface area contributed by atoms with Crippen LogP contribution < -0.4 is 0 Å². The van der Waals surface area contributed by atoms with Gasteiger partial charge >= 0.3 is 0 Å². The lowest BCUT2D eigenvalue weighted by molar-refractivity contribution is 0.463. The molecule has 0 aliphatic carbocycles. The van der Waals surface area contributed by atoms with Crippen LogP contribution in [0.15, 0.2) is 34.8 Å². The molecule has 2 aromatic heterocycles. The molecule has 5 nitrogen and oxygen atoms in total. The maximum atomic E-state index is 12.2. The lowest BCUT2D eigenvalue weighted by Crippen LogP contribution is -2.26. The summed E-state index contributed by atoms with van der Waals surface area (Å²) in [7, 11) is -2.05. The van der Waals surface area contributed by atoms with E-state index < -0.39 is 10.0 Å². The van der Waals surface area contributed by atoms with Crippen molar-refractivity contribution in [2.45, 2.75) is 10.8 Å². The quantitative estimate of drug-likeness (QED) is 0.867. The Labute approximate surface area is 114 Å². The minimum atomic E-state index is -3.55. The Kier molecular flexibility index (Phi) is 3.96. The number of sulfonamides is 1. The first-order valence-electron chi connectivity index (χ1n) is 4.98. The number of pyridine rings is 1. The second kappa shape index (κ2) is 5.31. The molecule has 0 radical (unpaired) electrons. The molecule has 2 rings (SSSR count). The van der Waals surface area contributed by atoms with Crippen molar-refractivity contribution in [2.75, 3.05) is 7.05 Å². The number of thiazole rings is 1. The molecule has 2 heterocycles. The van der Waals surface area contributed by atoms with Gasteiger partial charge in [-0.2, -0.15) is 4.31 Å². The Balaban J connectivity index is 2.21. The first-order valence-corrected chi connectivity index (χ1v) is 7.61. The SMILES string of the molecule is CN(Cc1ccccn1)S(=O)(=O)c1cnc(Cl)s1. The minimum absolute atomic E-state index is 0.130. The fourth-order valence-electron chi connectivity index (χ4n) is 1.32. The topological polar surface area (TPSA) is 63.2 Å². The predicted molar refractivity (Wildman–Crippen MR) is 70.0 cm³/mol. The summed E-state index contributed by atoms with van der Waals surface area (Å²) >= 11 is 6.58. The van der Waals surface area contributed by atoms with Gasteiger partial charge in [-0.15, -0.1) is 0 Å². The molecule has 0 aliphatic rings. The summed E-state index contributed by atoms with van der Waals surface area (Å²) < 4.78 is 25.9.